The van der Waals surface area contributed by atoms with Gasteiger partial charge < -0.3 is 14.6 Å². The molecule has 0 aliphatic carbocycles. The Labute approximate surface area is 126 Å². The van der Waals surface area contributed by atoms with E-state index in [4.69, 9.17) is 4.74 Å². The number of ether oxygens (including phenoxy) is 1. The Morgan fingerprint density at radius 3 is 3.00 bits per heavy atom. The maximum Gasteiger partial charge on any atom is 0.320 e. The third-order valence-corrected chi connectivity index (χ3v) is 3.49. The first-order valence-electron chi connectivity index (χ1n) is 6.91. The number of imidazole rings is 1. The van der Waals surface area contributed by atoms with Gasteiger partial charge in [0.05, 0.1) is 12.2 Å². The van der Waals surface area contributed by atoms with Crippen LogP contribution in [0.1, 0.15) is 18.3 Å². The van der Waals surface area contributed by atoms with E-state index < -0.39 is 11.8 Å². The number of carbonyl (C=O) groups is 1. The number of amides is 2. The summed E-state index contributed by atoms with van der Waals surface area (Å²) in [7, 11) is 1.88. The zero-order chi connectivity index (χ0) is 15.5. The average molecular weight is 305 g/mol. The molecule has 2 atom stereocenters. The van der Waals surface area contributed by atoms with Crippen molar-refractivity contribution < 1.29 is 13.9 Å². The van der Waals surface area contributed by atoms with E-state index in [1.807, 2.05) is 17.8 Å². The van der Waals surface area contributed by atoms with Gasteiger partial charge in [0.2, 0.25) is 0 Å². The van der Waals surface area contributed by atoms with Gasteiger partial charge in [0.1, 0.15) is 23.6 Å². The van der Waals surface area contributed by atoms with Gasteiger partial charge in [0, 0.05) is 26.0 Å². The Morgan fingerprint density at radius 1 is 1.45 bits per heavy atom. The number of nitrogens with one attached hydrogen (secondary N) is 2. The van der Waals surface area contributed by atoms with Crippen LogP contribution in [-0.4, -0.2) is 33.2 Å². The normalized spacial score (nSPS) is 20.8. The third kappa shape index (κ3) is 3.06. The van der Waals surface area contributed by atoms with Gasteiger partial charge in [-0.25, -0.2) is 19.2 Å². The van der Waals surface area contributed by atoms with Gasteiger partial charge in [0.15, 0.2) is 0 Å². The third-order valence-electron chi connectivity index (χ3n) is 3.49. The Balaban J connectivity index is 1.63. The summed E-state index contributed by atoms with van der Waals surface area (Å²) in [6.45, 7) is 0.553. The second-order valence-corrected chi connectivity index (χ2v) is 5.04. The predicted molar refractivity (Wildman–Crippen MR) is 76.7 cm³/mol. The molecule has 2 aromatic heterocycles. The summed E-state index contributed by atoms with van der Waals surface area (Å²) in [4.78, 5) is 20.1. The quantitative estimate of drug-likeness (QED) is 0.902. The van der Waals surface area contributed by atoms with Crippen LogP contribution in [0.4, 0.5) is 15.0 Å². The minimum absolute atomic E-state index is 0.179. The maximum atomic E-state index is 12.8. The molecular formula is C14H16FN5O2. The van der Waals surface area contributed by atoms with Gasteiger partial charge in [-0.3, -0.25) is 5.32 Å². The first-order valence-corrected chi connectivity index (χ1v) is 6.91. The SMILES string of the molecule is Cn1ccnc1[C@H]1OCC[C@@H]1NC(=O)Nc1ccc(F)cn1. The van der Waals surface area contributed by atoms with Gasteiger partial charge >= 0.3 is 6.03 Å². The number of rotatable bonds is 3. The first kappa shape index (κ1) is 14.5. The minimum Gasteiger partial charge on any atom is -0.368 e. The van der Waals surface area contributed by atoms with Crippen LogP contribution in [0.5, 0.6) is 0 Å². The number of hydrogen-bond acceptors (Lipinski definition) is 4. The average Bonchev–Trinajstić information content (AvgIpc) is 3.10. The fraction of sp³-hybridized carbons (Fsp3) is 0.357. The van der Waals surface area contributed by atoms with Crippen LogP contribution < -0.4 is 10.6 Å². The zero-order valence-corrected chi connectivity index (χ0v) is 12.0. The molecule has 0 radical (unpaired) electrons. The molecule has 1 saturated heterocycles. The van der Waals surface area contributed by atoms with Crippen LogP contribution in [0.25, 0.3) is 0 Å². The van der Waals surface area contributed by atoms with Crippen molar-refractivity contribution in [3.05, 3.63) is 42.4 Å². The van der Waals surface area contributed by atoms with Gasteiger partial charge in [-0.15, -0.1) is 0 Å². The smallest absolute Gasteiger partial charge is 0.320 e. The first-order chi connectivity index (χ1) is 10.6. The zero-order valence-electron chi connectivity index (χ0n) is 12.0. The Morgan fingerprint density at radius 2 is 2.32 bits per heavy atom. The number of urea groups is 1. The molecule has 3 rings (SSSR count). The van der Waals surface area contributed by atoms with Crippen molar-refractivity contribution in [1.82, 2.24) is 19.9 Å². The van der Waals surface area contributed by atoms with Crippen LogP contribution in [0.3, 0.4) is 0 Å². The van der Waals surface area contributed by atoms with Crippen LogP contribution >= 0.6 is 0 Å². The summed E-state index contributed by atoms with van der Waals surface area (Å²) in [5.74, 6) is 0.596. The number of anilines is 1. The molecule has 0 unspecified atom stereocenters. The summed E-state index contributed by atoms with van der Waals surface area (Å²) in [6.07, 6.45) is 4.98. The number of nitrogens with zero attached hydrogens (tertiary/aromatic N) is 3. The van der Waals surface area contributed by atoms with Crippen LogP contribution in [0.2, 0.25) is 0 Å². The molecule has 2 N–H and O–H groups in total. The van der Waals surface area contributed by atoms with E-state index >= 15 is 0 Å². The molecule has 2 amide bonds. The van der Waals surface area contributed by atoms with E-state index in [1.165, 1.54) is 12.1 Å². The van der Waals surface area contributed by atoms with Crippen molar-refractivity contribution in [1.29, 1.82) is 0 Å². The van der Waals surface area contributed by atoms with E-state index in [0.717, 1.165) is 12.0 Å². The highest BCUT2D eigenvalue weighted by Gasteiger charge is 2.33. The van der Waals surface area contributed by atoms with E-state index in [9.17, 15) is 9.18 Å². The fourth-order valence-corrected chi connectivity index (χ4v) is 2.41. The Kier molecular flexibility index (Phi) is 4.01. The lowest BCUT2D eigenvalue weighted by Gasteiger charge is -2.19. The summed E-state index contributed by atoms with van der Waals surface area (Å²) in [6, 6.07) is 2.05. The molecule has 22 heavy (non-hydrogen) atoms. The van der Waals surface area contributed by atoms with E-state index in [0.29, 0.717) is 13.0 Å². The van der Waals surface area contributed by atoms with Gasteiger partial charge in [-0.2, -0.15) is 0 Å². The van der Waals surface area contributed by atoms with Crippen molar-refractivity contribution in [2.45, 2.75) is 18.6 Å². The molecule has 1 fully saturated rings. The largest absolute Gasteiger partial charge is 0.368 e. The molecule has 7 nitrogen and oxygen atoms in total. The standard InChI is InChI=1S/C14H16FN5O2/c1-20-6-5-16-13(20)12-10(4-7-22-12)18-14(21)19-11-3-2-9(15)8-17-11/h2-3,5-6,8,10,12H,4,7H2,1H3,(H2,17,18,19,21)/t10-,12-/m0/s1. The summed E-state index contributed by atoms with van der Waals surface area (Å²) in [5.41, 5.74) is 0. The predicted octanol–water partition coefficient (Wildman–Crippen LogP) is 1.61. The highest BCUT2D eigenvalue weighted by atomic mass is 19.1. The van der Waals surface area contributed by atoms with Crippen LogP contribution in [0, 0.1) is 5.82 Å². The topological polar surface area (TPSA) is 81.1 Å². The molecule has 2 aromatic rings. The Bertz CT molecular complexity index is 658. The number of aryl methyl sites for hydroxylation is 1. The van der Waals surface area contributed by atoms with Gasteiger partial charge in [0.25, 0.3) is 0 Å². The number of aromatic nitrogens is 3. The molecule has 1 aliphatic rings. The summed E-state index contributed by atoms with van der Waals surface area (Å²) in [5, 5.41) is 5.41. The molecular weight excluding hydrogens is 289 g/mol. The molecule has 0 saturated carbocycles. The summed E-state index contributed by atoms with van der Waals surface area (Å²) >= 11 is 0. The molecule has 0 spiro atoms. The van der Waals surface area contributed by atoms with Crippen LogP contribution in [-0.2, 0) is 11.8 Å². The maximum absolute atomic E-state index is 12.8. The van der Waals surface area contributed by atoms with E-state index in [2.05, 4.69) is 20.6 Å². The minimum atomic E-state index is -0.454. The molecule has 116 valence electrons. The van der Waals surface area contributed by atoms with Gasteiger partial charge in [-0.05, 0) is 18.6 Å². The van der Waals surface area contributed by atoms with Crippen molar-refractivity contribution in [3.8, 4) is 0 Å². The van der Waals surface area contributed by atoms with E-state index in [1.54, 1.807) is 6.20 Å². The molecule has 0 aromatic carbocycles. The summed E-state index contributed by atoms with van der Waals surface area (Å²) < 4.78 is 20.3. The molecule has 3 heterocycles. The molecule has 8 heteroatoms. The number of pyridine rings is 1. The number of halogens is 1. The van der Waals surface area contributed by atoms with Gasteiger partial charge in [-0.1, -0.05) is 0 Å². The van der Waals surface area contributed by atoms with E-state index in [-0.39, 0.29) is 18.0 Å². The number of hydrogen-bond donors (Lipinski definition) is 2. The van der Waals surface area contributed by atoms with Crippen molar-refractivity contribution in [2.24, 2.45) is 7.05 Å². The van der Waals surface area contributed by atoms with Crippen molar-refractivity contribution in [3.63, 3.8) is 0 Å². The second-order valence-electron chi connectivity index (χ2n) is 5.04. The monoisotopic (exact) mass is 305 g/mol. The number of carbonyl (C=O) groups excluding carboxylic acids is 1. The molecule has 0 bridgehead atoms. The fourth-order valence-electron chi connectivity index (χ4n) is 2.41. The van der Waals surface area contributed by atoms with Crippen molar-refractivity contribution >= 4 is 11.8 Å². The highest BCUT2D eigenvalue weighted by molar-refractivity contribution is 5.88. The van der Waals surface area contributed by atoms with Crippen LogP contribution in [0.15, 0.2) is 30.7 Å². The Hall–Kier alpha value is -2.48. The lowest BCUT2D eigenvalue weighted by molar-refractivity contribution is 0.0913. The van der Waals surface area contributed by atoms with Crippen molar-refractivity contribution in [2.75, 3.05) is 11.9 Å². The molecule has 1 aliphatic heterocycles. The highest BCUT2D eigenvalue weighted by Crippen LogP contribution is 2.27. The second kappa shape index (κ2) is 6.10. The lowest BCUT2D eigenvalue weighted by Crippen LogP contribution is -2.40. The lowest BCUT2D eigenvalue weighted by atomic mass is 10.1.